The van der Waals surface area contributed by atoms with E-state index in [2.05, 4.69) is 13.8 Å². The van der Waals surface area contributed by atoms with Crippen LogP contribution in [0.15, 0.2) is 24.3 Å². The van der Waals surface area contributed by atoms with Gasteiger partial charge in [0.2, 0.25) is 11.6 Å². The standard InChI is InChI=1S/C49H46F6O10S5/c1-3-5-7-9-11-25-21-29(66-35(25)31-23-27-41(68-31)46(62-17-18-63-46)48(52,53)44(27)58-13-14-59-44)37-33-34(40(57)43(50,51)39(33)56)38(70-37)30-22-26(12-10-8-6-4-2)36(67-30)32-24-28-42(69-32)47(64-19-20-65-47)49(54,55)45(28)60-15-16-61-45/h21-24H,3-20H2,1-2H3. The number of thiophene rings is 5. The second-order valence-corrected chi connectivity index (χ2v) is 23.6. The van der Waals surface area contributed by atoms with Crippen molar-refractivity contribution in [1.29, 1.82) is 0 Å². The molecule has 0 unspecified atom stereocenters. The van der Waals surface area contributed by atoms with Gasteiger partial charge in [-0.25, -0.2) is 0 Å². The number of ether oxygens (including phenoxy) is 8. The van der Waals surface area contributed by atoms with Crippen molar-refractivity contribution in [3.63, 3.8) is 0 Å². The first kappa shape index (κ1) is 48.1. The highest BCUT2D eigenvalue weighted by atomic mass is 32.1. The van der Waals surface area contributed by atoms with Crippen molar-refractivity contribution in [3.05, 3.63) is 67.4 Å². The normalized spacial score (nSPS) is 23.4. The third kappa shape index (κ3) is 6.36. The third-order valence-electron chi connectivity index (χ3n) is 14.2. The molecule has 0 aromatic carbocycles. The van der Waals surface area contributed by atoms with Gasteiger partial charge in [0.1, 0.15) is 0 Å². The zero-order valence-electron chi connectivity index (χ0n) is 37.9. The maximum atomic E-state index is 16.5. The number of aryl methyl sites for hydroxylation is 2. The van der Waals surface area contributed by atoms with Gasteiger partial charge in [-0.15, -0.1) is 56.7 Å². The summed E-state index contributed by atoms with van der Waals surface area (Å²) in [7, 11) is 0. The van der Waals surface area contributed by atoms with Crippen LogP contribution < -0.4 is 0 Å². The van der Waals surface area contributed by atoms with E-state index in [1.54, 1.807) is 12.1 Å². The first-order chi connectivity index (χ1) is 33.6. The first-order valence-corrected chi connectivity index (χ1v) is 27.8. The Morgan fingerprint density at radius 1 is 0.429 bits per heavy atom. The van der Waals surface area contributed by atoms with E-state index in [-0.39, 0.29) is 94.6 Å². The molecule has 0 amide bonds. The molecule has 10 nitrogen and oxygen atoms in total. The fraction of sp³-hybridized carbons (Fsp3) is 0.551. The smallest absolute Gasteiger partial charge is 0.339 e. The lowest BCUT2D eigenvalue weighted by Crippen LogP contribution is -2.54. The molecule has 4 spiro atoms. The Balaban J connectivity index is 0.994. The highest BCUT2D eigenvalue weighted by molar-refractivity contribution is 7.30. The van der Waals surface area contributed by atoms with Crippen LogP contribution in [0.5, 0.6) is 0 Å². The Morgan fingerprint density at radius 3 is 1.13 bits per heavy atom. The van der Waals surface area contributed by atoms with Gasteiger partial charge < -0.3 is 37.9 Å². The summed E-state index contributed by atoms with van der Waals surface area (Å²) < 4.78 is 144. The molecule has 0 N–H and O–H groups in total. The minimum Gasteiger partial charge on any atom is -0.339 e. The molecule has 7 aliphatic rings. The second-order valence-electron chi connectivity index (χ2n) is 18.4. The third-order valence-corrected chi connectivity index (χ3v) is 20.9. The van der Waals surface area contributed by atoms with Crippen LogP contribution in [0.25, 0.3) is 39.0 Å². The van der Waals surface area contributed by atoms with Crippen LogP contribution in [0, 0.1) is 0 Å². The summed E-state index contributed by atoms with van der Waals surface area (Å²) in [4.78, 5) is 31.9. The topological polar surface area (TPSA) is 108 Å². The molecule has 12 rings (SSSR count). The Labute approximate surface area is 418 Å². The van der Waals surface area contributed by atoms with E-state index in [4.69, 9.17) is 37.9 Å². The Kier molecular flexibility index (Phi) is 11.7. The van der Waals surface area contributed by atoms with Crippen LogP contribution in [0.2, 0.25) is 0 Å². The zero-order valence-corrected chi connectivity index (χ0v) is 42.0. The van der Waals surface area contributed by atoms with E-state index in [9.17, 15) is 9.59 Å². The largest absolute Gasteiger partial charge is 0.371 e. The van der Waals surface area contributed by atoms with Gasteiger partial charge in [0.25, 0.3) is 23.1 Å². The molecule has 70 heavy (non-hydrogen) atoms. The molecule has 0 saturated carbocycles. The van der Waals surface area contributed by atoms with Gasteiger partial charge in [-0.2, -0.15) is 26.3 Å². The quantitative estimate of drug-likeness (QED) is 0.0606. The summed E-state index contributed by atoms with van der Waals surface area (Å²) in [5.74, 6) is -24.7. The summed E-state index contributed by atoms with van der Waals surface area (Å²) in [5, 5.41) is 0. The van der Waals surface area contributed by atoms with Crippen LogP contribution in [-0.2, 0) is 73.9 Å². The number of carbonyl (C=O) groups excluding carboxylic acids is 2. The molecule has 9 heterocycles. The summed E-state index contributed by atoms with van der Waals surface area (Å²) in [6, 6.07) is 6.96. The number of fused-ring (bicyclic) bond motifs is 7. The van der Waals surface area contributed by atoms with Gasteiger partial charge in [-0.3, -0.25) is 9.59 Å². The lowest BCUT2D eigenvalue weighted by atomic mass is 10.0. The van der Waals surface area contributed by atoms with Gasteiger partial charge in [-0.1, -0.05) is 52.4 Å². The van der Waals surface area contributed by atoms with Crippen molar-refractivity contribution in [1.82, 2.24) is 0 Å². The van der Waals surface area contributed by atoms with Gasteiger partial charge >= 0.3 is 17.8 Å². The number of halogens is 6. The number of hydrogen-bond acceptors (Lipinski definition) is 15. The summed E-state index contributed by atoms with van der Waals surface area (Å²) in [6.45, 7) is 3.65. The van der Waals surface area contributed by atoms with Crippen molar-refractivity contribution >= 4 is 68.3 Å². The second kappa shape index (κ2) is 17.1. The fourth-order valence-electron chi connectivity index (χ4n) is 11.0. The van der Waals surface area contributed by atoms with Crippen LogP contribution in [0.1, 0.15) is 118 Å². The zero-order chi connectivity index (χ0) is 48.6. The number of hydrogen-bond donors (Lipinski definition) is 0. The molecule has 374 valence electrons. The van der Waals surface area contributed by atoms with Crippen LogP contribution in [0.3, 0.4) is 0 Å². The molecule has 4 aliphatic heterocycles. The summed E-state index contributed by atoms with van der Waals surface area (Å²) in [5.41, 5.74) is 1.13. The highest BCUT2D eigenvalue weighted by Crippen LogP contribution is 2.69. The number of rotatable bonds is 14. The molecule has 0 radical (unpaired) electrons. The van der Waals surface area contributed by atoms with Crippen molar-refractivity contribution < 1.29 is 73.8 Å². The molecular formula is C49H46F6O10S5. The molecule has 0 bridgehead atoms. The van der Waals surface area contributed by atoms with Crippen LogP contribution >= 0.6 is 56.7 Å². The highest BCUT2D eigenvalue weighted by Gasteiger charge is 2.82. The minimum atomic E-state index is -4.32. The molecule has 0 atom stereocenters. The molecule has 21 heteroatoms. The van der Waals surface area contributed by atoms with E-state index in [1.165, 1.54) is 22.7 Å². The van der Waals surface area contributed by atoms with Gasteiger partial charge in [0, 0.05) is 40.4 Å². The summed E-state index contributed by atoms with van der Waals surface area (Å²) >= 11 is 5.70. The average Bonchev–Trinajstić information content (AvgIpc) is 4.19. The van der Waals surface area contributed by atoms with E-state index >= 15 is 26.3 Å². The van der Waals surface area contributed by atoms with E-state index in [0.29, 0.717) is 42.1 Å². The van der Waals surface area contributed by atoms with Crippen LogP contribution in [-0.4, -0.2) is 82.2 Å². The van der Waals surface area contributed by atoms with E-state index < -0.39 is 52.5 Å². The van der Waals surface area contributed by atoms with Crippen molar-refractivity contribution in [3.8, 4) is 39.0 Å². The molecule has 3 aliphatic carbocycles. The van der Waals surface area contributed by atoms with Crippen molar-refractivity contribution in [2.24, 2.45) is 0 Å². The maximum Gasteiger partial charge on any atom is 0.371 e. The molecular weight excluding hydrogens is 1020 g/mol. The minimum absolute atomic E-state index is 0.0665. The molecule has 5 aromatic heterocycles. The van der Waals surface area contributed by atoms with E-state index in [0.717, 1.165) is 96.5 Å². The van der Waals surface area contributed by atoms with Gasteiger partial charge in [-0.05, 0) is 61.1 Å². The van der Waals surface area contributed by atoms with Crippen LogP contribution in [0.4, 0.5) is 26.3 Å². The first-order valence-electron chi connectivity index (χ1n) is 23.7. The maximum absolute atomic E-state index is 16.5. The number of carbonyl (C=O) groups is 2. The van der Waals surface area contributed by atoms with Crippen molar-refractivity contribution in [2.45, 2.75) is 119 Å². The Hall–Kier alpha value is -2.90. The number of alkyl halides is 6. The lowest BCUT2D eigenvalue weighted by Gasteiger charge is -2.36. The molecule has 5 aromatic rings. The summed E-state index contributed by atoms with van der Waals surface area (Å²) in [6.07, 6.45) is 8.40. The van der Waals surface area contributed by atoms with Gasteiger partial charge in [0.15, 0.2) is 0 Å². The Bertz CT molecular complexity index is 2630. The van der Waals surface area contributed by atoms with Crippen molar-refractivity contribution in [2.75, 3.05) is 52.9 Å². The number of Topliss-reactive ketones (excluding diaryl/α,β-unsaturated/α-hetero) is 2. The SMILES string of the molecule is CCCCCCc1cc(-c2sc(-c3cc(CCCCCC)c(-c4cc5c(s4)C4(OCCO4)C(F)(F)C54OCCO4)s3)c3c2C(=O)C(F)(F)C3=O)sc1-c1cc2c(s1)C1(OCCO1)C(F)(F)C21OCCO1. The monoisotopic (exact) mass is 1070 g/mol. The molecule has 4 saturated heterocycles. The number of ketones is 2. The number of unbranched alkanes of at least 4 members (excludes halogenated alkanes) is 6. The van der Waals surface area contributed by atoms with E-state index in [1.807, 2.05) is 12.1 Å². The van der Waals surface area contributed by atoms with Gasteiger partial charge in [0.05, 0.1) is 83.5 Å². The molecule has 4 fully saturated rings. The lowest BCUT2D eigenvalue weighted by molar-refractivity contribution is -0.387. The average molecular weight is 1070 g/mol. The predicted octanol–water partition coefficient (Wildman–Crippen LogP) is 13.0. The Morgan fingerprint density at radius 2 is 0.771 bits per heavy atom. The predicted molar refractivity (Wildman–Crippen MR) is 251 cm³/mol. The fourth-order valence-corrected chi connectivity index (χ4v) is 17.8.